The Labute approximate surface area is 144 Å². The van der Waals surface area contributed by atoms with Crippen molar-refractivity contribution in [3.05, 3.63) is 23.3 Å². The summed E-state index contributed by atoms with van der Waals surface area (Å²) in [6, 6.07) is 4.29. The maximum absolute atomic E-state index is 12.8. The number of benzene rings is 1. The van der Waals surface area contributed by atoms with Crippen LogP contribution in [0.4, 0.5) is 0 Å². The van der Waals surface area contributed by atoms with Gasteiger partial charge in [-0.05, 0) is 60.3 Å². The van der Waals surface area contributed by atoms with Crippen molar-refractivity contribution in [2.75, 3.05) is 20.8 Å². The summed E-state index contributed by atoms with van der Waals surface area (Å²) in [5.74, 6) is 3.51. The fourth-order valence-corrected chi connectivity index (χ4v) is 5.58. The number of amides is 1. The van der Waals surface area contributed by atoms with E-state index < -0.39 is 0 Å². The van der Waals surface area contributed by atoms with Crippen LogP contribution < -0.4 is 9.47 Å². The summed E-state index contributed by atoms with van der Waals surface area (Å²) in [5, 5.41) is 0. The van der Waals surface area contributed by atoms with Crippen molar-refractivity contribution < 1.29 is 14.3 Å². The highest BCUT2D eigenvalue weighted by Crippen LogP contribution is 2.60. The number of rotatable bonds is 2. The van der Waals surface area contributed by atoms with Gasteiger partial charge in [0.05, 0.1) is 19.8 Å². The zero-order valence-corrected chi connectivity index (χ0v) is 15.1. The Kier molecular flexibility index (Phi) is 3.55. The summed E-state index contributed by atoms with van der Waals surface area (Å²) in [6.45, 7) is 5.53. The van der Waals surface area contributed by atoms with Crippen molar-refractivity contribution in [1.29, 1.82) is 0 Å². The van der Waals surface area contributed by atoms with Gasteiger partial charge in [-0.25, -0.2) is 0 Å². The van der Waals surface area contributed by atoms with Crippen LogP contribution in [0.15, 0.2) is 12.1 Å². The highest BCUT2D eigenvalue weighted by Gasteiger charge is 2.61. The normalized spacial score (nSPS) is 34.4. The van der Waals surface area contributed by atoms with Crippen molar-refractivity contribution in [2.45, 2.75) is 45.1 Å². The quantitative estimate of drug-likeness (QED) is 0.835. The second kappa shape index (κ2) is 5.40. The van der Waals surface area contributed by atoms with E-state index in [0.717, 1.165) is 37.3 Å². The molecule has 4 atom stereocenters. The Balaban J connectivity index is 1.95. The minimum absolute atomic E-state index is 0.138. The monoisotopic (exact) mass is 329 g/mol. The summed E-state index contributed by atoms with van der Waals surface area (Å²) in [7, 11) is 3.38. The van der Waals surface area contributed by atoms with Crippen LogP contribution in [0.5, 0.6) is 11.5 Å². The van der Waals surface area contributed by atoms with Crippen molar-refractivity contribution in [3.8, 4) is 11.5 Å². The molecule has 2 aliphatic heterocycles. The number of carbonyl (C=O) groups is 1. The second-order valence-electron chi connectivity index (χ2n) is 7.79. The number of fused-ring (bicyclic) bond motifs is 1. The van der Waals surface area contributed by atoms with Gasteiger partial charge in [0, 0.05) is 13.0 Å². The van der Waals surface area contributed by atoms with E-state index in [1.54, 1.807) is 14.2 Å². The van der Waals surface area contributed by atoms with Gasteiger partial charge in [-0.3, -0.25) is 4.79 Å². The van der Waals surface area contributed by atoms with Gasteiger partial charge >= 0.3 is 0 Å². The molecule has 1 saturated carbocycles. The maximum atomic E-state index is 12.8. The third-order valence-electron chi connectivity index (χ3n) is 6.86. The highest BCUT2D eigenvalue weighted by molar-refractivity contribution is 5.81. The standard InChI is InChI=1S/C20H27NO3/c1-12-11-20-15(13(12)2)10-19(22)21(20)7-5-6-14-8-17(23-3)18(24-4)9-16(14)20/h8-9,12-13,15H,5-7,10-11H2,1-4H3/t12-,13+,15?,20+/m0/s1. The summed E-state index contributed by atoms with van der Waals surface area (Å²) < 4.78 is 11.1. The van der Waals surface area contributed by atoms with Crippen LogP contribution in [-0.4, -0.2) is 31.6 Å². The van der Waals surface area contributed by atoms with Crippen LogP contribution in [0.3, 0.4) is 0 Å². The number of carbonyl (C=O) groups excluding carboxylic acids is 1. The number of hydrogen-bond donors (Lipinski definition) is 0. The summed E-state index contributed by atoms with van der Waals surface area (Å²) in [6.07, 6.45) is 3.77. The summed E-state index contributed by atoms with van der Waals surface area (Å²) in [5.41, 5.74) is 2.50. The molecule has 1 aromatic rings. The first-order chi connectivity index (χ1) is 11.5. The van der Waals surface area contributed by atoms with E-state index in [2.05, 4.69) is 30.9 Å². The third kappa shape index (κ3) is 1.88. The molecule has 0 radical (unpaired) electrons. The van der Waals surface area contributed by atoms with Crippen molar-refractivity contribution in [1.82, 2.24) is 4.90 Å². The lowest BCUT2D eigenvalue weighted by molar-refractivity contribution is -0.131. The fourth-order valence-electron chi connectivity index (χ4n) is 5.58. The second-order valence-corrected chi connectivity index (χ2v) is 7.79. The smallest absolute Gasteiger partial charge is 0.223 e. The molecule has 0 N–H and O–H groups in total. The van der Waals surface area contributed by atoms with E-state index >= 15 is 0 Å². The molecule has 4 rings (SSSR count). The Bertz CT molecular complexity index is 686. The predicted molar refractivity (Wildman–Crippen MR) is 92.3 cm³/mol. The molecular weight excluding hydrogens is 302 g/mol. The zero-order valence-electron chi connectivity index (χ0n) is 15.1. The Morgan fingerprint density at radius 3 is 2.58 bits per heavy atom. The van der Waals surface area contributed by atoms with Crippen LogP contribution in [0.25, 0.3) is 0 Å². The lowest BCUT2D eigenvalue weighted by atomic mass is 9.77. The largest absolute Gasteiger partial charge is 0.493 e. The van der Waals surface area contributed by atoms with Crippen molar-refractivity contribution >= 4 is 5.91 Å². The van der Waals surface area contributed by atoms with E-state index in [9.17, 15) is 4.79 Å². The first-order valence-electron chi connectivity index (χ1n) is 9.08. The van der Waals surface area contributed by atoms with E-state index in [4.69, 9.17) is 9.47 Å². The van der Waals surface area contributed by atoms with Gasteiger partial charge in [0.2, 0.25) is 5.91 Å². The van der Waals surface area contributed by atoms with Crippen LogP contribution in [0, 0.1) is 17.8 Å². The number of ether oxygens (including phenoxy) is 2. The van der Waals surface area contributed by atoms with E-state index in [-0.39, 0.29) is 5.54 Å². The molecule has 0 aromatic heterocycles. The Hall–Kier alpha value is -1.71. The first-order valence-corrected chi connectivity index (χ1v) is 9.08. The average Bonchev–Trinajstić information content (AvgIpc) is 2.92. The van der Waals surface area contributed by atoms with Crippen LogP contribution in [0.1, 0.15) is 44.2 Å². The molecular formula is C20H27NO3. The maximum Gasteiger partial charge on any atom is 0.223 e. The van der Waals surface area contributed by atoms with Crippen molar-refractivity contribution in [2.24, 2.45) is 17.8 Å². The molecule has 4 nitrogen and oxygen atoms in total. The third-order valence-corrected chi connectivity index (χ3v) is 6.86. The molecule has 3 aliphatic rings. The molecule has 1 unspecified atom stereocenters. The number of hydrogen-bond acceptors (Lipinski definition) is 3. The molecule has 1 spiro atoms. The molecule has 0 bridgehead atoms. The minimum Gasteiger partial charge on any atom is -0.493 e. The van der Waals surface area contributed by atoms with Gasteiger partial charge in [0.1, 0.15) is 0 Å². The van der Waals surface area contributed by atoms with E-state index in [1.165, 1.54) is 11.1 Å². The zero-order chi connectivity index (χ0) is 17.1. The number of methoxy groups -OCH3 is 2. The Morgan fingerprint density at radius 2 is 1.88 bits per heavy atom. The van der Waals surface area contributed by atoms with E-state index in [0.29, 0.717) is 30.1 Å². The van der Waals surface area contributed by atoms with Crippen molar-refractivity contribution in [3.63, 3.8) is 0 Å². The van der Waals surface area contributed by atoms with Gasteiger partial charge in [-0.1, -0.05) is 13.8 Å². The van der Waals surface area contributed by atoms with Gasteiger partial charge in [0.25, 0.3) is 0 Å². The average molecular weight is 329 g/mol. The molecule has 2 fully saturated rings. The molecule has 1 amide bonds. The van der Waals surface area contributed by atoms with Crippen LogP contribution >= 0.6 is 0 Å². The molecule has 1 aliphatic carbocycles. The van der Waals surface area contributed by atoms with Crippen LogP contribution in [0.2, 0.25) is 0 Å². The lowest BCUT2D eigenvalue weighted by Crippen LogP contribution is -2.44. The summed E-state index contributed by atoms with van der Waals surface area (Å²) in [4.78, 5) is 15.0. The molecule has 4 heteroatoms. The Morgan fingerprint density at radius 1 is 1.17 bits per heavy atom. The topological polar surface area (TPSA) is 38.8 Å². The first kappa shape index (κ1) is 15.8. The van der Waals surface area contributed by atoms with Gasteiger partial charge < -0.3 is 14.4 Å². The van der Waals surface area contributed by atoms with Gasteiger partial charge in [0.15, 0.2) is 11.5 Å². The van der Waals surface area contributed by atoms with E-state index in [1.807, 2.05) is 0 Å². The number of nitrogens with zero attached hydrogens (tertiary/aromatic N) is 1. The minimum atomic E-state index is -0.138. The summed E-state index contributed by atoms with van der Waals surface area (Å²) >= 11 is 0. The molecule has 1 aromatic carbocycles. The van der Waals surface area contributed by atoms with Crippen LogP contribution in [-0.2, 0) is 16.8 Å². The lowest BCUT2D eigenvalue weighted by Gasteiger charge is -2.39. The number of aryl methyl sites for hydroxylation is 1. The SMILES string of the molecule is COc1cc2c(cc1OC)[C@@]13C[C@H](C)[C@@H](C)C1CC(=O)N3CCC2. The molecule has 24 heavy (non-hydrogen) atoms. The highest BCUT2D eigenvalue weighted by atomic mass is 16.5. The molecule has 2 heterocycles. The van der Waals surface area contributed by atoms with Gasteiger partial charge in [-0.2, -0.15) is 0 Å². The van der Waals surface area contributed by atoms with Gasteiger partial charge in [-0.15, -0.1) is 0 Å². The molecule has 1 saturated heterocycles. The fraction of sp³-hybridized carbons (Fsp3) is 0.650. The predicted octanol–water partition coefficient (Wildman–Crippen LogP) is 3.37. The molecule has 130 valence electrons.